The zero-order valence-electron chi connectivity index (χ0n) is 21.4. The van der Waals surface area contributed by atoms with E-state index in [1.54, 1.807) is 18.9 Å². The number of ether oxygens (including phenoxy) is 2. The van der Waals surface area contributed by atoms with E-state index >= 15 is 0 Å². The molecule has 1 aromatic rings. The van der Waals surface area contributed by atoms with Gasteiger partial charge in [-0.25, -0.2) is 4.79 Å². The summed E-state index contributed by atoms with van der Waals surface area (Å²) in [6.45, 7) is 11.8. The summed E-state index contributed by atoms with van der Waals surface area (Å²) in [4.78, 5) is 27.0. The molecule has 2 heterocycles. The standard InChI is InChI=1S/C26H40N2O6/c1-18(29)27(6)22-14-26(34-17-25(22,5)32)9-11-28(12-10-26)15-19-13-20(24(2,3)4)7-8-21(19)33-16-23(30)31/h7-8,13,22,32H,9-12,14-17H2,1-6H3,(H,30,31)/t22-,25-/m0/s1. The topological polar surface area (TPSA) is 99.5 Å². The van der Waals surface area contributed by atoms with Crippen molar-refractivity contribution in [1.29, 1.82) is 0 Å². The van der Waals surface area contributed by atoms with Gasteiger partial charge in [-0.05, 0) is 43.2 Å². The fraction of sp³-hybridized carbons (Fsp3) is 0.692. The smallest absolute Gasteiger partial charge is 0.341 e. The number of aliphatic carboxylic acids is 1. The third-order valence-electron chi connectivity index (χ3n) is 7.36. The molecular weight excluding hydrogens is 436 g/mol. The van der Waals surface area contributed by atoms with Gasteiger partial charge in [0.15, 0.2) is 6.61 Å². The summed E-state index contributed by atoms with van der Waals surface area (Å²) in [6.07, 6.45) is 2.21. The fourth-order valence-electron chi connectivity index (χ4n) is 4.96. The molecular formula is C26H40N2O6. The molecule has 0 aliphatic carbocycles. The molecule has 2 fully saturated rings. The number of likely N-dealkylation sites (tertiary alicyclic amines) is 1. The van der Waals surface area contributed by atoms with Crippen molar-refractivity contribution in [3.05, 3.63) is 29.3 Å². The number of carbonyl (C=O) groups excluding carboxylic acids is 1. The van der Waals surface area contributed by atoms with Gasteiger partial charge in [-0.1, -0.05) is 32.9 Å². The van der Waals surface area contributed by atoms with Crippen molar-refractivity contribution < 1.29 is 29.3 Å². The van der Waals surface area contributed by atoms with Crippen LogP contribution in [0.4, 0.5) is 0 Å². The Bertz CT molecular complexity index is 899. The lowest BCUT2D eigenvalue weighted by Crippen LogP contribution is -2.63. The van der Waals surface area contributed by atoms with Crippen LogP contribution < -0.4 is 4.74 Å². The van der Waals surface area contributed by atoms with E-state index in [2.05, 4.69) is 31.7 Å². The van der Waals surface area contributed by atoms with Gasteiger partial charge >= 0.3 is 5.97 Å². The van der Waals surface area contributed by atoms with Crippen molar-refractivity contribution in [3.8, 4) is 5.75 Å². The van der Waals surface area contributed by atoms with Crippen molar-refractivity contribution in [2.24, 2.45) is 0 Å². The number of hydrogen-bond donors (Lipinski definition) is 2. The van der Waals surface area contributed by atoms with Crippen LogP contribution in [0, 0.1) is 0 Å². The van der Waals surface area contributed by atoms with Gasteiger partial charge in [0.1, 0.15) is 11.4 Å². The molecule has 2 saturated heterocycles. The first kappa shape index (κ1) is 26.4. The minimum Gasteiger partial charge on any atom is -0.482 e. The van der Waals surface area contributed by atoms with Crippen LogP contribution in [-0.2, 0) is 26.3 Å². The minimum absolute atomic E-state index is 0.0311. The molecule has 1 amide bonds. The van der Waals surface area contributed by atoms with Gasteiger partial charge in [0.25, 0.3) is 0 Å². The van der Waals surface area contributed by atoms with Crippen LogP contribution in [0.2, 0.25) is 0 Å². The van der Waals surface area contributed by atoms with E-state index in [4.69, 9.17) is 14.6 Å². The molecule has 0 saturated carbocycles. The average molecular weight is 477 g/mol. The number of benzene rings is 1. The highest BCUT2D eigenvalue weighted by atomic mass is 16.5. The number of carbonyl (C=O) groups is 2. The molecule has 8 heteroatoms. The highest BCUT2D eigenvalue weighted by Gasteiger charge is 2.50. The summed E-state index contributed by atoms with van der Waals surface area (Å²) >= 11 is 0. The molecule has 0 bridgehead atoms. The number of carboxylic acids is 1. The molecule has 2 aliphatic rings. The maximum atomic E-state index is 12.0. The zero-order chi connectivity index (χ0) is 25.3. The van der Waals surface area contributed by atoms with E-state index in [1.807, 2.05) is 12.1 Å². The van der Waals surface area contributed by atoms with Crippen molar-refractivity contribution in [2.45, 2.75) is 83.1 Å². The van der Waals surface area contributed by atoms with E-state index in [9.17, 15) is 14.7 Å². The Kier molecular flexibility index (Phi) is 7.65. The third-order valence-corrected chi connectivity index (χ3v) is 7.36. The van der Waals surface area contributed by atoms with Crippen molar-refractivity contribution >= 4 is 11.9 Å². The summed E-state index contributed by atoms with van der Waals surface area (Å²) in [5.41, 5.74) is 0.685. The Morgan fingerprint density at radius 2 is 1.91 bits per heavy atom. The molecule has 0 radical (unpaired) electrons. The molecule has 2 N–H and O–H groups in total. The number of carboxylic acid groups (broad SMARTS) is 1. The largest absolute Gasteiger partial charge is 0.482 e. The average Bonchev–Trinajstić information content (AvgIpc) is 2.75. The number of likely N-dealkylation sites (N-methyl/N-ethyl adjacent to an activating group) is 1. The quantitative estimate of drug-likeness (QED) is 0.651. The highest BCUT2D eigenvalue weighted by Crippen LogP contribution is 2.40. The van der Waals surface area contributed by atoms with Crippen LogP contribution in [0.3, 0.4) is 0 Å². The first-order chi connectivity index (χ1) is 15.7. The van der Waals surface area contributed by atoms with Gasteiger partial charge in [0.2, 0.25) is 5.91 Å². The van der Waals surface area contributed by atoms with Crippen LogP contribution >= 0.6 is 0 Å². The Hall–Kier alpha value is -2.16. The van der Waals surface area contributed by atoms with Gasteiger partial charge < -0.3 is 24.6 Å². The molecule has 0 aromatic heterocycles. The molecule has 190 valence electrons. The van der Waals surface area contributed by atoms with Gasteiger partial charge in [-0.3, -0.25) is 9.69 Å². The number of hydrogen-bond acceptors (Lipinski definition) is 6. The molecule has 1 aromatic carbocycles. The van der Waals surface area contributed by atoms with Gasteiger partial charge in [0.05, 0.1) is 18.2 Å². The second kappa shape index (κ2) is 9.84. The summed E-state index contributed by atoms with van der Waals surface area (Å²) < 4.78 is 11.8. The molecule has 0 unspecified atom stereocenters. The van der Waals surface area contributed by atoms with Gasteiger partial charge in [-0.2, -0.15) is 0 Å². The number of amides is 1. The first-order valence-corrected chi connectivity index (χ1v) is 12.0. The van der Waals surface area contributed by atoms with Crippen molar-refractivity contribution in [3.63, 3.8) is 0 Å². The predicted octanol–water partition coefficient (Wildman–Crippen LogP) is 2.80. The Morgan fingerprint density at radius 3 is 2.47 bits per heavy atom. The van der Waals surface area contributed by atoms with Crippen LogP contribution in [0.25, 0.3) is 0 Å². The van der Waals surface area contributed by atoms with Crippen LogP contribution in [-0.4, -0.2) is 82.5 Å². The number of piperidine rings is 1. The SMILES string of the molecule is CC(=O)N(C)[C@H]1CC2(CCN(Cc3cc(C(C)(C)C)ccc3OCC(=O)O)CC2)OC[C@]1(C)O. The van der Waals surface area contributed by atoms with Crippen LogP contribution in [0.15, 0.2) is 18.2 Å². The second-order valence-corrected chi connectivity index (χ2v) is 11.2. The summed E-state index contributed by atoms with van der Waals surface area (Å²) in [5, 5.41) is 19.9. The molecule has 1 spiro atoms. The lowest BCUT2D eigenvalue weighted by atomic mass is 9.77. The highest BCUT2D eigenvalue weighted by molar-refractivity contribution is 5.73. The van der Waals surface area contributed by atoms with Crippen LogP contribution in [0.1, 0.15) is 65.0 Å². The monoisotopic (exact) mass is 476 g/mol. The molecule has 8 nitrogen and oxygen atoms in total. The van der Waals surface area contributed by atoms with Gasteiger partial charge in [-0.15, -0.1) is 0 Å². The summed E-state index contributed by atoms with van der Waals surface area (Å²) in [6, 6.07) is 5.70. The van der Waals surface area contributed by atoms with E-state index in [0.717, 1.165) is 31.5 Å². The van der Waals surface area contributed by atoms with Crippen LogP contribution in [0.5, 0.6) is 5.75 Å². The minimum atomic E-state index is -1.08. The summed E-state index contributed by atoms with van der Waals surface area (Å²) in [7, 11) is 1.75. The van der Waals surface area contributed by atoms with Crippen molar-refractivity contribution in [2.75, 3.05) is 33.4 Å². The lowest BCUT2D eigenvalue weighted by molar-refractivity contribution is -0.209. The lowest BCUT2D eigenvalue weighted by Gasteiger charge is -2.52. The van der Waals surface area contributed by atoms with E-state index in [1.165, 1.54) is 12.5 Å². The molecule has 3 rings (SSSR count). The van der Waals surface area contributed by atoms with E-state index in [-0.39, 0.29) is 36.2 Å². The molecule has 2 aliphatic heterocycles. The predicted molar refractivity (Wildman–Crippen MR) is 129 cm³/mol. The van der Waals surface area contributed by atoms with E-state index in [0.29, 0.717) is 18.7 Å². The Balaban J connectivity index is 1.72. The van der Waals surface area contributed by atoms with Crippen molar-refractivity contribution in [1.82, 2.24) is 9.80 Å². The van der Waals surface area contributed by atoms with Gasteiger partial charge in [0, 0.05) is 39.2 Å². The van der Waals surface area contributed by atoms with E-state index < -0.39 is 11.6 Å². The summed E-state index contributed by atoms with van der Waals surface area (Å²) in [5.74, 6) is -0.461. The maximum Gasteiger partial charge on any atom is 0.341 e. The Morgan fingerprint density at radius 1 is 1.26 bits per heavy atom. The number of aliphatic hydroxyl groups is 1. The maximum absolute atomic E-state index is 12.0. The fourth-order valence-corrected chi connectivity index (χ4v) is 4.96. The molecule has 2 atom stereocenters. The number of nitrogens with zero attached hydrogens (tertiary/aromatic N) is 2. The Labute approximate surface area is 202 Å². The number of rotatable bonds is 6. The first-order valence-electron chi connectivity index (χ1n) is 12.0. The zero-order valence-corrected chi connectivity index (χ0v) is 21.4. The second-order valence-electron chi connectivity index (χ2n) is 11.2. The molecule has 34 heavy (non-hydrogen) atoms. The third kappa shape index (κ3) is 6.09. The normalized spacial score (nSPS) is 25.2.